The van der Waals surface area contributed by atoms with Crippen LogP contribution in [0.4, 0.5) is 3.89 Å². The summed E-state index contributed by atoms with van der Waals surface area (Å²) >= 11 is 0. The highest BCUT2D eigenvalue weighted by Gasteiger charge is 2.43. The lowest BCUT2D eigenvalue weighted by molar-refractivity contribution is -0.148. The molecule has 1 aromatic rings. The van der Waals surface area contributed by atoms with E-state index in [4.69, 9.17) is 0 Å². The summed E-state index contributed by atoms with van der Waals surface area (Å²) in [5.41, 5.74) is 1.62. The molecule has 0 spiro atoms. The fraction of sp³-hybridized carbons (Fsp3) is 0.429. The van der Waals surface area contributed by atoms with Crippen LogP contribution in [0, 0.1) is 6.92 Å². The van der Waals surface area contributed by atoms with Crippen LogP contribution < -0.4 is 0 Å². The molecule has 8 heteroatoms. The molecule has 22 heavy (non-hydrogen) atoms. The van der Waals surface area contributed by atoms with Gasteiger partial charge in [-0.05, 0) is 18.1 Å². The summed E-state index contributed by atoms with van der Waals surface area (Å²) < 4.78 is 34.9. The van der Waals surface area contributed by atoms with Gasteiger partial charge in [-0.2, -0.15) is 8.42 Å². The molecule has 1 N–H and O–H groups in total. The molecule has 0 saturated carbocycles. The highest BCUT2D eigenvalue weighted by molar-refractivity contribution is 7.87. The third kappa shape index (κ3) is 3.44. The number of rotatable bonds is 5. The van der Waals surface area contributed by atoms with E-state index in [1.54, 1.807) is 18.2 Å². The number of halogens is 1. The van der Waals surface area contributed by atoms with E-state index in [2.05, 4.69) is 0 Å². The second kappa shape index (κ2) is 6.04. The SMILES string of the molecule is Cc1ccccc1C[C@@H](C(=O)O)N1CC(S(=O)(=O)F)CC1=O. The van der Waals surface area contributed by atoms with Crippen LogP contribution in [0.3, 0.4) is 0 Å². The van der Waals surface area contributed by atoms with Crippen molar-refractivity contribution in [2.75, 3.05) is 6.54 Å². The van der Waals surface area contributed by atoms with Crippen molar-refractivity contribution in [2.24, 2.45) is 0 Å². The van der Waals surface area contributed by atoms with Crippen molar-refractivity contribution in [3.63, 3.8) is 0 Å². The topological polar surface area (TPSA) is 91.8 Å². The van der Waals surface area contributed by atoms with Crippen molar-refractivity contribution in [3.05, 3.63) is 35.4 Å². The van der Waals surface area contributed by atoms with Gasteiger partial charge in [-0.3, -0.25) is 4.79 Å². The standard InChI is InChI=1S/C14H16FNO5S/c1-9-4-2-3-5-10(9)6-12(14(18)19)16-8-11(7-13(16)17)22(15,20)21/h2-5,11-12H,6-8H2,1H3,(H,18,19)/t11?,12-/m0/s1. The molecule has 1 unspecified atom stereocenters. The number of nitrogens with zero attached hydrogens (tertiary/aromatic N) is 1. The lowest BCUT2D eigenvalue weighted by Gasteiger charge is -2.25. The van der Waals surface area contributed by atoms with E-state index >= 15 is 0 Å². The van der Waals surface area contributed by atoms with Gasteiger partial charge in [0.25, 0.3) is 0 Å². The van der Waals surface area contributed by atoms with Gasteiger partial charge in [0.05, 0.1) is 0 Å². The number of aliphatic carboxylic acids is 1. The van der Waals surface area contributed by atoms with Gasteiger partial charge >= 0.3 is 16.2 Å². The molecular weight excluding hydrogens is 313 g/mol. The van der Waals surface area contributed by atoms with Crippen molar-refractivity contribution in [1.82, 2.24) is 4.90 Å². The molecular formula is C14H16FNO5S. The van der Waals surface area contributed by atoms with Crippen LogP contribution in [0.25, 0.3) is 0 Å². The lowest BCUT2D eigenvalue weighted by atomic mass is 10.0. The van der Waals surface area contributed by atoms with Gasteiger partial charge in [0, 0.05) is 19.4 Å². The van der Waals surface area contributed by atoms with E-state index in [0.717, 1.165) is 16.0 Å². The Kier molecular flexibility index (Phi) is 4.50. The second-order valence-electron chi connectivity index (χ2n) is 5.33. The van der Waals surface area contributed by atoms with Crippen LogP contribution in [0.2, 0.25) is 0 Å². The minimum Gasteiger partial charge on any atom is -0.480 e. The van der Waals surface area contributed by atoms with E-state index in [1.165, 1.54) is 0 Å². The fourth-order valence-electron chi connectivity index (χ4n) is 2.57. The number of aryl methyl sites for hydroxylation is 1. The zero-order chi connectivity index (χ0) is 16.5. The fourth-order valence-corrected chi connectivity index (χ4v) is 3.25. The Bertz CT molecular complexity index is 703. The van der Waals surface area contributed by atoms with Crippen LogP contribution in [0.1, 0.15) is 17.5 Å². The average molecular weight is 329 g/mol. The van der Waals surface area contributed by atoms with Crippen LogP contribution >= 0.6 is 0 Å². The number of amides is 1. The first kappa shape index (κ1) is 16.4. The molecule has 1 amide bonds. The van der Waals surface area contributed by atoms with E-state index < -0.39 is 46.4 Å². The number of carboxylic acids is 1. The highest BCUT2D eigenvalue weighted by atomic mass is 32.3. The molecule has 2 rings (SSSR count). The molecule has 120 valence electrons. The third-order valence-electron chi connectivity index (χ3n) is 3.86. The minimum atomic E-state index is -4.86. The van der Waals surface area contributed by atoms with Gasteiger partial charge in [0.2, 0.25) is 5.91 Å². The molecule has 1 saturated heterocycles. The summed E-state index contributed by atoms with van der Waals surface area (Å²) in [7, 11) is -4.86. The number of carboxylic acid groups (broad SMARTS) is 1. The molecule has 1 aliphatic heterocycles. The molecule has 1 heterocycles. The van der Waals surface area contributed by atoms with Gasteiger partial charge in [0.15, 0.2) is 0 Å². The van der Waals surface area contributed by atoms with Crippen LogP contribution in [0.5, 0.6) is 0 Å². The second-order valence-corrected chi connectivity index (χ2v) is 6.95. The molecule has 6 nitrogen and oxygen atoms in total. The van der Waals surface area contributed by atoms with Crippen molar-refractivity contribution in [1.29, 1.82) is 0 Å². The molecule has 1 aliphatic rings. The maximum absolute atomic E-state index is 13.0. The molecule has 0 aliphatic carbocycles. The zero-order valence-corrected chi connectivity index (χ0v) is 12.7. The summed E-state index contributed by atoms with van der Waals surface area (Å²) in [5, 5.41) is 7.87. The molecule has 0 radical (unpaired) electrons. The first-order valence-corrected chi connectivity index (χ1v) is 8.15. The first-order chi connectivity index (χ1) is 10.2. The Labute approximate surface area is 127 Å². The van der Waals surface area contributed by atoms with Crippen LogP contribution in [-0.2, 0) is 26.2 Å². The van der Waals surface area contributed by atoms with E-state index in [1.807, 2.05) is 13.0 Å². The number of carbonyl (C=O) groups is 2. The average Bonchev–Trinajstić information content (AvgIpc) is 2.79. The van der Waals surface area contributed by atoms with Gasteiger partial charge in [-0.25, -0.2) is 4.79 Å². The van der Waals surface area contributed by atoms with Crippen molar-refractivity contribution in [2.45, 2.75) is 31.1 Å². The van der Waals surface area contributed by atoms with Gasteiger partial charge in [-0.15, -0.1) is 3.89 Å². The Morgan fingerprint density at radius 3 is 2.59 bits per heavy atom. The van der Waals surface area contributed by atoms with Gasteiger partial charge < -0.3 is 10.0 Å². The molecule has 2 atom stereocenters. The summed E-state index contributed by atoms with van der Waals surface area (Å²) in [6, 6.07) is 5.91. The van der Waals surface area contributed by atoms with Gasteiger partial charge in [-0.1, -0.05) is 24.3 Å². The van der Waals surface area contributed by atoms with E-state index in [9.17, 15) is 27.0 Å². The zero-order valence-electron chi connectivity index (χ0n) is 11.9. The Hall–Kier alpha value is -1.96. The van der Waals surface area contributed by atoms with Crippen molar-refractivity contribution in [3.8, 4) is 0 Å². The Morgan fingerprint density at radius 2 is 2.09 bits per heavy atom. The normalized spacial score (nSPS) is 20.2. The monoisotopic (exact) mass is 329 g/mol. The quantitative estimate of drug-likeness (QED) is 0.810. The summed E-state index contributed by atoms with van der Waals surface area (Å²) in [5.74, 6) is -1.90. The van der Waals surface area contributed by atoms with E-state index in [0.29, 0.717) is 0 Å². The molecule has 0 aromatic heterocycles. The number of likely N-dealkylation sites (tertiary alicyclic amines) is 1. The lowest BCUT2D eigenvalue weighted by Crippen LogP contribution is -2.44. The summed E-state index contributed by atoms with van der Waals surface area (Å²) in [4.78, 5) is 24.3. The number of benzene rings is 1. The molecule has 0 bridgehead atoms. The number of hydrogen-bond donors (Lipinski definition) is 1. The van der Waals surface area contributed by atoms with Crippen LogP contribution in [0.15, 0.2) is 24.3 Å². The first-order valence-electron chi connectivity index (χ1n) is 6.70. The maximum Gasteiger partial charge on any atom is 0.326 e. The smallest absolute Gasteiger partial charge is 0.326 e. The predicted molar refractivity (Wildman–Crippen MR) is 76.5 cm³/mol. The van der Waals surface area contributed by atoms with E-state index in [-0.39, 0.29) is 6.42 Å². The predicted octanol–water partition coefficient (Wildman–Crippen LogP) is 0.891. The van der Waals surface area contributed by atoms with Gasteiger partial charge in [0.1, 0.15) is 11.3 Å². The molecule has 1 fully saturated rings. The Morgan fingerprint density at radius 1 is 1.45 bits per heavy atom. The largest absolute Gasteiger partial charge is 0.480 e. The summed E-state index contributed by atoms with van der Waals surface area (Å²) in [6.07, 6.45) is -0.469. The minimum absolute atomic E-state index is 0.0484. The molecule has 1 aromatic carbocycles. The maximum atomic E-state index is 13.0. The van der Waals surface area contributed by atoms with Crippen LogP contribution in [-0.4, -0.2) is 48.1 Å². The number of hydrogen-bond acceptors (Lipinski definition) is 4. The van der Waals surface area contributed by atoms with Crippen molar-refractivity contribution >= 4 is 22.1 Å². The number of carbonyl (C=O) groups excluding carboxylic acids is 1. The summed E-state index contributed by atoms with van der Waals surface area (Å²) in [6.45, 7) is 1.38. The van der Waals surface area contributed by atoms with Crippen molar-refractivity contribution < 1.29 is 27.0 Å². The third-order valence-corrected chi connectivity index (χ3v) is 4.97. The highest BCUT2D eigenvalue weighted by Crippen LogP contribution is 2.24. The Balaban J connectivity index is 2.24.